The van der Waals surface area contributed by atoms with Gasteiger partial charge in [0.05, 0.1) is 0 Å². The smallest absolute Gasteiger partial charge is 0.118 e. The monoisotopic (exact) mass is 405 g/mol. The highest BCUT2D eigenvalue weighted by atomic mass is 35.5. The van der Waals surface area contributed by atoms with Crippen LogP contribution >= 0.6 is 11.6 Å². The van der Waals surface area contributed by atoms with E-state index in [1.54, 1.807) is 0 Å². The number of nitrogens with zero attached hydrogens (tertiary/aromatic N) is 1. The van der Waals surface area contributed by atoms with Crippen LogP contribution < -0.4 is 0 Å². The van der Waals surface area contributed by atoms with Gasteiger partial charge in [0.1, 0.15) is 18.0 Å². The number of ether oxygens (including phenoxy) is 1. The summed E-state index contributed by atoms with van der Waals surface area (Å²) in [6.45, 7) is 21.2. The van der Waals surface area contributed by atoms with Gasteiger partial charge in [-0.3, -0.25) is 4.90 Å². The third-order valence-electron chi connectivity index (χ3n) is 5.07. The van der Waals surface area contributed by atoms with E-state index in [9.17, 15) is 5.11 Å². The number of rotatable bonds is 7. The van der Waals surface area contributed by atoms with Crippen molar-refractivity contribution in [1.82, 2.24) is 4.90 Å². The van der Waals surface area contributed by atoms with Gasteiger partial charge in [-0.15, -0.1) is 13.2 Å². The molecule has 1 fully saturated rings. The molecule has 0 aliphatic carbocycles. The van der Waals surface area contributed by atoms with Gasteiger partial charge in [-0.25, -0.2) is 0 Å². The Morgan fingerprint density at radius 3 is 2.39 bits per heavy atom. The molecule has 1 N–H and O–H groups in total. The zero-order valence-electron chi connectivity index (χ0n) is 17.9. The van der Waals surface area contributed by atoms with E-state index in [0.717, 1.165) is 36.0 Å². The Bertz CT molecular complexity index is 653. The lowest BCUT2D eigenvalue weighted by atomic mass is 9.92. The van der Waals surface area contributed by atoms with Gasteiger partial charge in [0, 0.05) is 24.7 Å². The molecular weight excluding hydrogens is 370 g/mol. The number of hydrogen-bond donors (Lipinski definition) is 1. The maximum absolute atomic E-state index is 10.9. The van der Waals surface area contributed by atoms with E-state index >= 15 is 0 Å². The molecule has 0 saturated carbocycles. The minimum atomic E-state index is -0.772. The van der Waals surface area contributed by atoms with Crippen molar-refractivity contribution in [3.8, 4) is 0 Å². The fourth-order valence-corrected chi connectivity index (χ4v) is 3.60. The average molecular weight is 406 g/mol. The standard InChI is InChI=1S/C22H32ClNO2.C2H4/c1-6-21(18(5)16(2)3)26-15-22(25)7-9-24(10-8-22)14-19-11-17(4)12-20(23)13-19;1-2/h6,11-13,16,25H,5,7-10,14-15H2,1-4H3;1-2H2/b21-6+;. The number of likely N-dealkylation sites (tertiary alicyclic amines) is 1. The van der Waals surface area contributed by atoms with Gasteiger partial charge in [-0.1, -0.05) is 38.1 Å². The number of benzene rings is 1. The highest BCUT2D eigenvalue weighted by Crippen LogP contribution is 2.27. The van der Waals surface area contributed by atoms with Crippen LogP contribution in [0.2, 0.25) is 5.02 Å². The zero-order valence-corrected chi connectivity index (χ0v) is 18.7. The largest absolute Gasteiger partial charge is 0.491 e. The number of piperidine rings is 1. The second kappa shape index (κ2) is 11.5. The van der Waals surface area contributed by atoms with Gasteiger partial charge >= 0.3 is 0 Å². The molecule has 3 nitrogen and oxygen atoms in total. The molecule has 0 radical (unpaired) electrons. The van der Waals surface area contributed by atoms with Gasteiger partial charge in [0.15, 0.2) is 0 Å². The van der Waals surface area contributed by atoms with Crippen molar-refractivity contribution in [3.05, 3.63) is 71.5 Å². The van der Waals surface area contributed by atoms with Gasteiger partial charge in [0.2, 0.25) is 0 Å². The predicted molar refractivity (Wildman–Crippen MR) is 121 cm³/mol. The Balaban J connectivity index is 0.00000190. The second-order valence-electron chi connectivity index (χ2n) is 7.76. The first kappa shape index (κ1) is 24.5. The van der Waals surface area contributed by atoms with Crippen LogP contribution in [-0.2, 0) is 11.3 Å². The lowest BCUT2D eigenvalue weighted by molar-refractivity contribution is -0.0680. The summed E-state index contributed by atoms with van der Waals surface area (Å²) in [5, 5.41) is 11.7. The van der Waals surface area contributed by atoms with Crippen molar-refractivity contribution >= 4 is 11.6 Å². The van der Waals surface area contributed by atoms with Crippen molar-refractivity contribution < 1.29 is 9.84 Å². The lowest BCUT2D eigenvalue weighted by Gasteiger charge is -2.38. The third kappa shape index (κ3) is 7.46. The normalized spacial score (nSPS) is 17.0. The summed E-state index contributed by atoms with van der Waals surface area (Å²) >= 11 is 6.16. The molecule has 2 rings (SSSR count). The Morgan fingerprint density at radius 1 is 1.29 bits per heavy atom. The molecule has 0 spiro atoms. The Hall–Kier alpha value is -1.55. The molecule has 0 amide bonds. The minimum Gasteiger partial charge on any atom is -0.491 e. The van der Waals surface area contributed by atoms with Crippen molar-refractivity contribution in [3.63, 3.8) is 0 Å². The predicted octanol–water partition coefficient (Wildman–Crippen LogP) is 5.91. The van der Waals surface area contributed by atoms with E-state index in [-0.39, 0.29) is 0 Å². The number of aryl methyl sites for hydroxylation is 1. The van der Waals surface area contributed by atoms with Crippen LogP contribution in [0.3, 0.4) is 0 Å². The van der Waals surface area contributed by atoms with Crippen molar-refractivity contribution in [2.75, 3.05) is 19.7 Å². The third-order valence-corrected chi connectivity index (χ3v) is 5.29. The van der Waals surface area contributed by atoms with E-state index in [4.69, 9.17) is 16.3 Å². The molecule has 0 unspecified atom stereocenters. The van der Waals surface area contributed by atoms with Gasteiger partial charge < -0.3 is 9.84 Å². The Kier molecular flexibility index (Phi) is 10.0. The molecule has 1 heterocycles. The number of aliphatic hydroxyl groups is 1. The van der Waals surface area contributed by atoms with Gasteiger partial charge in [-0.2, -0.15) is 0 Å². The van der Waals surface area contributed by atoms with E-state index in [1.807, 2.05) is 25.1 Å². The quantitative estimate of drug-likeness (QED) is 0.347. The van der Waals surface area contributed by atoms with Crippen molar-refractivity contribution in [2.24, 2.45) is 5.92 Å². The molecule has 1 saturated heterocycles. The van der Waals surface area contributed by atoms with E-state index in [2.05, 4.69) is 51.5 Å². The molecule has 1 aromatic carbocycles. The highest BCUT2D eigenvalue weighted by molar-refractivity contribution is 6.30. The molecule has 0 aromatic heterocycles. The van der Waals surface area contributed by atoms with Crippen LogP contribution in [-0.4, -0.2) is 35.3 Å². The SMILES string of the molecule is C=C.C=C(/C(=C\C)OCC1(O)CCN(Cc2cc(C)cc(Cl)c2)CC1)C(C)C. The second-order valence-corrected chi connectivity index (χ2v) is 8.20. The van der Waals surface area contributed by atoms with Crippen LogP contribution in [0.1, 0.15) is 44.7 Å². The summed E-state index contributed by atoms with van der Waals surface area (Å²) in [7, 11) is 0. The number of allylic oxidation sites excluding steroid dienone is 2. The van der Waals surface area contributed by atoms with Crippen LogP contribution in [0, 0.1) is 12.8 Å². The molecule has 1 aliphatic heterocycles. The van der Waals surface area contributed by atoms with Crippen molar-refractivity contribution in [1.29, 1.82) is 0 Å². The summed E-state index contributed by atoms with van der Waals surface area (Å²) in [5.41, 5.74) is 2.61. The molecule has 0 bridgehead atoms. The van der Waals surface area contributed by atoms with Crippen LogP contribution in [0.5, 0.6) is 0 Å². The van der Waals surface area contributed by atoms with Crippen LogP contribution in [0.4, 0.5) is 0 Å². The Morgan fingerprint density at radius 2 is 1.89 bits per heavy atom. The lowest BCUT2D eigenvalue weighted by Crippen LogP contribution is -2.46. The summed E-state index contributed by atoms with van der Waals surface area (Å²) in [4.78, 5) is 2.36. The average Bonchev–Trinajstić information content (AvgIpc) is 2.65. The number of halogens is 1. The van der Waals surface area contributed by atoms with E-state index in [0.29, 0.717) is 25.4 Å². The maximum Gasteiger partial charge on any atom is 0.118 e. The highest BCUT2D eigenvalue weighted by Gasteiger charge is 2.33. The fourth-order valence-electron chi connectivity index (χ4n) is 3.29. The molecule has 1 aromatic rings. The summed E-state index contributed by atoms with van der Waals surface area (Å²) in [5.74, 6) is 1.13. The molecule has 4 heteroatoms. The Labute approximate surface area is 176 Å². The van der Waals surface area contributed by atoms with Crippen molar-refractivity contribution in [2.45, 2.75) is 52.7 Å². The molecule has 156 valence electrons. The summed E-state index contributed by atoms with van der Waals surface area (Å²) in [6.07, 6.45) is 3.34. The molecule has 1 aliphatic rings. The molecule has 28 heavy (non-hydrogen) atoms. The maximum atomic E-state index is 10.9. The first-order valence-electron chi connectivity index (χ1n) is 9.91. The first-order chi connectivity index (χ1) is 13.2. The van der Waals surface area contributed by atoms with Crippen LogP contribution in [0.25, 0.3) is 0 Å². The van der Waals surface area contributed by atoms with Crippen LogP contribution in [0.15, 0.2) is 55.3 Å². The molecule has 0 atom stereocenters. The zero-order chi connectivity index (χ0) is 21.3. The fraction of sp³-hybridized carbons (Fsp3) is 0.500. The minimum absolute atomic E-state index is 0.322. The molecular formula is C24H36ClNO2. The van der Waals surface area contributed by atoms with E-state index < -0.39 is 5.60 Å². The number of hydrogen-bond acceptors (Lipinski definition) is 3. The van der Waals surface area contributed by atoms with E-state index in [1.165, 1.54) is 11.1 Å². The van der Waals surface area contributed by atoms with Gasteiger partial charge in [-0.05, 0) is 67.5 Å². The summed E-state index contributed by atoms with van der Waals surface area (Å²) in [6, 6.07) is 6.17. The summed E-state index contributed by atoms with van der Waals surface area (Å²) < 4.78 is 5.92. The topological polar surface area (TPSA) is 32.7 Å². The first-order valence-corrected chi connectivity index (χ1v) is 10.3. The van der Waals surface area contributed by atoms with Gasteiger partial charge in [0.25, 0.3) is 0 Å².